The number of para-hydroxylation sites is 1. The fourth-order valence-corrected chi connectivity index (χ4v) is 5.72. The van der Waals surface area contributed by atoms with Gasteiger partial charge in [-0.05, 0) is 57.6 Å². The van der Waals surface area contributed by atoms with Crippen LogP contribution in [0.1, 0.15) is 59.4 Å². The number of rotatable bonds is 6. The molecule has 3 aliphatic heterocycles. The average molecular weight is 528 g/mol. The lowest BCUT2D eigenvalue weighted by atomic mass is 9.79. The van der Waals surface area contributed by atoms with Crippen molar-refractivity contribution in [3.05, 3.63) is 29.8 Å². The number of benzene rings is 1. The highest BCUT2D eigenvalue weighted by atomic mass is 16.6. The summed E-state index contributed by atoms with van der Waals surface area (Å²) in [7, 11) is 0. The van der Waals surface area contributed by atoms with Crippen molar-refractivity contribution in [2.75, 3.05) is 18.4 Å². The van der Waals surface area contributed by atoms with Crippen molar-refractivity contribution in [3.63, 3.8) is 0 Å². The molecule has 4 rings (SSSR count). The molecule has 11 nitrogen and oxygen atoms in total. The molecule has 4 atom stereocenters. The third kappa shape index (κ3) is 5.06. The van der Waals surface area contributed by atoms with E-state index in [-0.39, 0.29) is 37.2 Å². The molecule has 11 heteroatoms. The van der Waals surface area contributed by atoms with Crippen LogP contribution >= 0.6 is 0 Å². The Balaban J connectivity index is 1.59. The van der Waals surface area contributed by atoms with Crippen molar-refractivity contribution < 1.29 is 28.7 Å². The molecule has 5 amide bonds. The standard InChI is InChI=1S/C27H37N5O6/c1-15(2)12-19(31-11-10-18(22(31)34)30-25(37)38-26(3,4)5)23(35)32-14-27(13-20(32)21(28)33)16-8-6-7-9-17(16)29-24(27)36/h6-9,15,18-20H,10-14H2,1-5H3,(H2,28,33)(H,29,36)(H,30,37)/t18-,19-,20-,27-/m0/s1. The van der Waals surface area contributed by atoms with Crippen molar-refractivity contribution in [2.45, 2.75) is 83.0 Å². The van der Waals surface area contributed by atoms with Gasteiger partial charge in [-0.2, -0.15) is 0 Å². The molecule has 0 radical (unpaired) electrons. The Kier molecular flexibility index (Phi) is 7.15. The number of primary amides is 1. The van der Waals surface area contributed by atoms with Crippen LogP contribution in [0.4, 0.5) is 10.5 Å². The molecule has 4 N–H and O–H groups in total. The van der Waals surface area contributed by atoms with Gasteiger partial charge in [0.1, 0.15) is 23.7 Å². The van der Waals surface area contributed by atoms with Crippen LogP contribution in [0.2, 0.25) is 0 Å². The molecule has 0 aromatic heterocycles. The Labute approximate surface area is 222 Å². The molecule has 1 spiro atoms. The van der Waals surface area contributed by atoms with E-state index in [2.05, 4.69) is 10.6 Å². The second kappa shape index (κ2) is 9.92. The summed E-state index contributed by atoms with van der Waals surface area (Å²) in [5, 5.41) is 5.48. The summed E-state index contributed by atoms with van der Waals surface area (Å²) in [6.07, 6.45) is 0.0355. The Morgan fingerprint density at radius 1 is 1.21 bits per heavy atom. The predicted molar refractivity (Wildman–Crippen MR) is 139 cm³/mol. The Morgan fingerprint density at radius 3 is 2.53 bits per heavy atom. The minimum absolute atomic E-state index is 0.0154. The zero-order valence-corrected chi connectivity index (χ0v) is 22.6. The lowest BCUT2D eigenvalue weighted by Crippen LogP contribution is -2.55. The van der Waals surface area contributed by atoms with E-state index in [1.54, 1.807) is 32.9 Å². The molecule has 2 fully saturated rings. The largest absolute Gasteiger partial charge is 0.444 e. The second-order valence-corrected chi connectivity index (χ2v) is 11.8. The van der Waals surface area contributed by atoms with Gasteiger partial charge in [0.05, 0.1) is 5.41 Å². The smallest absolute Gasteiger partial charge is 0.408 e. The van der Waals surface area contributed by atoms with Crippen molar-refractivity contribution in [1.29, 1.82) is 0 Å². The number of carbonyl (C=O) groups excluding carboxylic acids is 5. The van der Waals surface area contributed by atoms with E-state index < -0.39 is 47.0 Å². The molecule has 3 heterocycles. The number of nitrogens with two attached hydrogens (primary N) is 1. The van der Waals surface area contributed by atoms with Gasteiger partial charge in [0.2, 0.25) is 23.6 Å². The second-order valence-electron chi connectivity index (χ2n) is 11.8. The molecule has 0 unspecified atom stereocenters. The highest BCUT2D eigenvalue weighted by Gasteiger charge is 2.58. The van der Waals surface area contributed by atoms with Gasteiger partial charge in [-0.3, -0.25) is 19.2 Å². The van der Waals surface area contributed by atoms with Gasteiger partial charge in [0.25, 0.3) is 0 Å². The third-order valence-electron chi connectivity index (χ3n) is 7.38. The van der Waals surface area contributed by atoms with Crippen LogP contribution in [-0.2, 0) is 29.3 Å². The number of nitrogens with zero attached hydrogens (tertiary/aromatic N) is 2. The quantitative estimate of drug-likeness (QED) is 0.510. The highest BCUT2D eigenvalue weighted by molar-refractivity contribution is 6.08. The number of ether oxygens (including phenoxy) is 1. The third-order valence-corrected chi connectivity index (χ3v) is 7.38. The molecular formula is C27H37N5O6. The van der Waals surface area contributed by atoms with E-state index in [4.69, 9.17) is 10.5 Å². The summed E-state index contributed by atoms with van der Waals surface area (Å²) < 4.78 is 5.28. The molecule has 0 bridgehead atoms. The number of nitrogens with one attached hydrogen (secondary N) is 2. The number of anilines is 1. The Hall–Kier alpha value is -3.63. The van der Waals surface area contributed by atoms with Crippen LogP contribution in [-0.4, -0.2) is 76.3 Å². The number of carbonyl (C=O) groups is 5. The first kappa shape index (κ1) is 27.4. The Morgan fingerprint density at radius 2 is 1.89 bits per heavy atom. The molecule has 206 valence electrons. The summed E-state index contributed by atoms with van der Waals surface area (Å²) >= 11 is 0. The molecule has 3 aliphatic rings. The van der Waals surface area contributed by atoms with E-state index in [0.717, 1.165) is 5.56 Å². The van der Waals surface area contributed by atoms with Gasteiger partial charge >= 0.3 is 6.09 Å². The van der Waals surface area contributed by atoms with Crippen molar-refractivity contribution in [1.82, 2.24) is 15.1 Å². The van der Waals surface area contributed by atoms with Crippen LogP contribution in [0, 0.1) is 5.92 Å². The maximum Gasteiger partial charge on any atom is 0.408 e. The number of alkyl carbamates (subject to hydrolysis) is 1. The predicted octanol–water partition coefficient (Wildman–Crippen LogP) is 1.50. The fraction of sp³-hybridized carbons (Fsp3) is 0.593. The van der Waals surface area contributed by atoms with E-state index in [0.29, 0.717) is 18.5 Å². The molecule has 1 aromatic carbocycles. The normalized spacial score (nSPS) is 25.5. The van der Waals surface area contributed by atoms with Crippen molar-refractivity contribution in [3.8, 4) is 0 Å². The number of likely N-dealkylation sites (tertiary alicyclic amines) is 2. The van der Waals surface area contributed by atoms with Crippen molar-refractivity contribution >= 4 is 35.4 Å². The summed E-state index contributed by atoms with van der Waals surface area (Å²) in [6.45, 7) is 9.31. The number of hydrogen-bond donors (Lipinski definition) is 3. The van der Waals surface area contributed by atoms with Crippen LogP contribution in [0.15, 0.2) is 24.3 Å². The van der Waals surface area contributed by atoms with E-state index >= 15 is 0 Å². The lowest BCUT2D eigenvalue weighted by Gasteiger charge is -2.34. The van der Waals surface area contributed by atoms with Gasteiger partial charge < -0.3 is 30.9 Å². The number of amides is 5. The Bertz CT molecular complexity index is 1160. The van der Waals surface area contributed by atoms with Crippen LogP contribution in [0.25, 0.3) is 0 Å². The lowest BCUT2D eigenvalue weighted by molar-refractivity contribution is -0.147. The van der Waals surface area contributed by atoms with E-state index in [1.807, 2.05) is 26.0 Å². The van der Waals surface area contributed by atoms with Crippen LogP contribution < -0.4 is 16.4 Å². The van der Waals surface area contributed by atoms with Crippen LogP contribution in [0.3, 0.4) is 0 Å². The minimum atomic E-state index is -1.09. The molecule has 0 saturated carbocycles. The number of fused-ring (bicyclic) bond motifs is 2. The van der Waals surface area contributed by atoms with Gasteiger partial charge in [0, 0.05) is 18.8 Å². The minimum Gasteiger partial charge on any atom is -0.444 e. The van der Waals surface area contributed by atoms with Crippen molar-refractivity contribution in [2.24, 2.45) is 11.7 Å². The first-order chi connectivity index (χ1) is 17.7. The first-order valence-corrected chi connectivity index (χ1v) is 13.0. The summed E-state index contributed by atoms with van der Waals surface area (Å²) in [5.74, 6) is -1.74. The SMILES string of the molecule is CC(C)C[C@@H](C(=O)N1C[C@]2(C[C@H]1C(N)=O)C(=O)Nc1ccccc12)N1CC[C@H](NC(=O)OC(C)(C)C)C1=O. The molecule has 2 saturated heterocycles. The van der Waals surface area contributed by atoms with Gasteiger partial charge in [-0.1, -0.05) is 32.0 Å². The molecule has 38 heavy (non-hydrogen) atoms. The van der Waals surface area contributed by atoms with Gasteiger partial charge in [-0.25, -0.2) is 4.79 Å². The topological polar surface area (TPSA) is 151 Å². The van der Waals surface area contributed by atoms with Crippen LogP contribution in [0.5, 0.6) is 0 Å². The maximum atomic E-state index is 14.1. The highest BCUT2D eigenvalue weighted by Crippen LogP contribution is 2.46. The van der Waals surface area contributed by atoms with E-state index in [9.17, 15) is 24.0 Å². The number of hydrogen-bond acceptors (Lipinski definition) is 6. The summed E-state index contributed by atoms with van der Waals surface area (Å²) in [4.78, 5) is 68.3. The summed E-state index contributed by atoms with van der Waals surface area (Å²) in [5.41, 5.74) is 5.31. The monoisotopic (exact) mass is 527 g/mol. The van der Waals surface area contributed by atoms with Gasteiger partial charge in [0.15, 0.2) is 0 Å². The molecule has 0 aliphatic carbocycles. The average Bonchev–Trinajstić information content (AvgIpc) is 3.46. The maximum absolute atomic E-state index is 14.1. The zero-order valence-electron chi connectivity index (χ0n) is 22.6. The molecular weight excluding hydrogens is 490 g/mol. The summed E-state index contributed by atoms with van der Waals surface area (Å²) in [6, 6.07) is 4.53. The fourth-order valence-electron chi connectivity index (χ4n) is 5.72. The van der Waals surface area contributed by atoms with Gasteiger partial charge in [-0.15, -0.1) is 0 Å². The first-order valence-electron chi connectivity index (χ1n) is 13.0. The zero-order chi connectivity index (χ0) is 28.0. The molecule has 1 aromatic rings. The van der Waals surface area contributed by atoms with E-state index in [1.165, 1.54) is 9.80 Å².